The topological polar surface area (TPSA) is 105 Å². The van der Waals surface area contributed by atoms with Crippen molar-refractivity contribution in [3.05, 3.63) is 12.2 Å². The molecule has 9 heteroatoms. The third-order valence-corrected chi connectivity index (χ3v) is 11.0. The van der Waals surface area contributed by atoms with Gasteiger partial charge in [0.05, 0.1) is 39.9 Å². The molecule has 8 nitrogen and oxygen atoms in total. The van der Waals surface area contributed by atoms with Crippen molar-refractivity contribution >= 4 is 13.7 Å². The number of hydrogen-bond acceptors (Lipinski definition) is 5. The van der Waals surface area contributed by atoms with Gasteiger partial charge in [0.25, 0.3) is 0 Å². The number of carbonyl (C=O) groups is 1. The van der Waals surface area contributed by atoms with Crippen LogP contribution in [0, 0.1) is 0 Å². The fourth-order valence-corrected chi connectivity index (χ4v) is 7.19. The molecule has 0 saturated heterocycles. The number of likely N-dealkylation sites (N-methyl/N-ethyl adjacent to an activating group) is 1. The highest BCUT2D eigenvalue weighted by molar-refractivity contribution is 7.47. The fraction of sp³-hybridized carbons (Fsp3) is 0.930. The molecule has 1 unspecified atom stereocenters. The monoisotopic (exact) mass is 760 g/mol. The van der Waals surface area contributed by atoms with Crippen molar-refractivity contribution < 1.29 is 32.9 Å². The second kappa shape index (κ2) is 35.9. The summed E-state index contributed by atoms with van der Waals surface area (Å²) in [4.78, 5) is 23.1. The van der Waals surface area contributed by atoms with Gasteiger partial charge in [0, 0.05) is 6.42 Å². The van der Waals surface area contributed by atoms with Crippen molar-refractivity contribution in [3.63, 3.8) is 0 Å². The molecule has 0 aromatic carbocycles. The van der Waals surface area contributed by atoms with Gasteiger partial charge in [-0.15, -0.1) is 0 Å². The predicted molar refractivity (Wildman–Crippen MR) is 222 cm³/mol. The second-order valence-corrected chi connectivity index (χ2v) is 17.9. The van der Waals surface area contributed by atoms with Crippen molar-refractivity contribution in [2.45, 2.75) is 219 Å². The van der Waals surface area contributed by atoms with Crippen LogP contribution in [0.15, 0.2) is 12.2 Å². The summed E-state index contributed by atoms with van der Waals surface area (Å²) in [7, 11) is 1.62. The lowest BCUT2D eigenvalue weighted by Gasteiger charge is -2.26. The van der Waals surface area contributed by atoms with Crippen LogP contribution < -0.4 is 5.32 Å². The highest BCUT2D eigenvalue weighted by Gasteiger charge is 2.28. The molecule has 0 aliphatic rings. The molecule has 0 rings (SSSR count). The Morgan fingerprint density at radius 1 is 0.635 bits per heavy atom. The molecule has 0 fully saturated rings. The van der Waals surface area contributed by atoms with Gasteiger partial charge in [-0.05, 0) is 38.5 Å². The van der Waals surface area contributed by atoms with E-state index in [2.05, 4.69) is 31.3 Å². The quantitative estimate of drug-likeness (QED) is 0.0249. The van der Waals surface area contributed by atoms with E-state index in [1.165, 1.54) is 141 Å². The number of rotatable bonds is 40. The van der Waals surface area contributed by atoms with Crippen LogP contribution in [0.4, 0.5) is 0 Å². The van der Waals surface area contributed by atoms with Crippen LogP contribution in [0.5, 0.6) is 0 Å². The molecular formula is C43H88N2O6P+. The largest absolute Gasteiger partial charge is 0.472 e. The normalized spacial score (nSPS) is 14.5. The number of amides is 1. The first-order chi connectivity index (χ1) is 25.0. The van der Waals surface area contributed by atoms with Gasteiger partial charge < -0.3 is 19.8 Å². The van der Waals surface area contributed by atoms with Crippen molar-refractivity contribution in [3.8, 4) is 0 Å². The number of phosphoric acid groups is 1. The lowest BCUT2D eigenvalue weighted by atomic mass is 10.0. The molecule has 1 amide bonds. The number of aliphatic hydroxyl groups is 1. The molecule has 0 spiro atoms. The Balaban J connectivity index is 4.29. The SMILES string of the molecule is CCCCCCCC/C=C/CCCCCCCCCCCC(=O)N[C@@H](COP(=O)(O)OCC[N+](C)(C)C)[C@H](O)CCCCCCCCCCCCC. The van der Waals surface area contributed by atoms with E-state index < -0.39 is 20.0 Å². The minimum Gasteiger partial charge on any atom is -0.391 e. The zero-order valence-corrected chi connectivity index (χ0v) is 36.0. The lowest BCUT2D eigenvalue weighted by molar-refractivity contribution is -0.870. The van der Waals surface area contributed by atoms with Crippen molar-refractivity contribution in [2.75, 3.05) is 40.9 Å². The van der Waals surface area contributed by atoms with E-state index in [0.717, 1.165) is 38.5 Å². The predicted octanol–water partition coefficient (Wildman–Crippen LogP) is 12.0. The van der Waals surface area contributed by atoms with Gasteiger partial charge in [-0.25, -0.2) is 4.57 Å². The first-order valence-electron chi connectivity index (χ1n) is 22.1. The Morgan fingerprint density at radius 2 is 1.04 bits per heavy atom. The Hall–Kier alpha value is -0.760. The highest BCUT2D eigenvalue weighted by atomic mass is 31.2. The maximum Gasteiger partial charge on any atom is 0.472 e. The summed E-state index contributed by atoms with van der Waals surface area (Å²) >= 11 is 0. The first kappa shape index (κ1) is 51.2. The Morgan fingerprint density at radius 3 is 1.48 bits per heavy atom. The summed E-state index contributed by atoms with van der Waals surface area (Å²) in [5, 5.41) is 13.9. The van der Waals surface area contributed by atoms with Gasteiger partial charge in [0.1, 0.15) is 13.2 Å². The van der Waals surface area contributed by atoms with E-state index in [0.29, 0.717) is 23.9 Å². The lowest BCUT2D eigenvalue weighted by Crippen LogP contribution is -2.46. The average molecular weight is 760 g/mol. The van der Waals surface area contributed by atoms with Gasteiger partial charge in [-0.1, -0.05) is 174 Å². The zero-order valence-electron chi connectivity index (χ0n) is 35.1. The number of quaternary nitrogens is 1. The van der Waals surface area contributed by atoms with Crippen LogP contribution in [0.25, 0.3) is 0 Å². The Kier molecular flexibility index (Phi) is 35.4. The molecule has 52 heavy (non-hydrogen) atoms. The Bertz CT molecular complexity index is 865. The summed E-state index contributed by atoms with van der Waals surface area (Å²) in [5.74, 6) is -0.147. The molecule has 0 bridgehead atoms. The molecule has 0 aromatic heterocycles. The van der Waals surface area contributed by atoms with Gasteiger partial charge in [0.15, 0.2) is 0 Å². The summed E-state index contributed by atoms with van der Waals surface area (Å²) in [6.07, 6.45) is 39.5. The highest BCUT2D eigenvalue weighted by Crippen LogP contribution is 2.43. The van der Waals surface area contributed by atoms with Gasteiger partial charge >= 0.3 is 7.82 Å². The third kappa shape index (κ3) is 37.6. The summed E-state index contributed by atoms with van der Waals surface area (Å²) in [6, 6.07) is -0.756. The summed E-state index contributed by atoms with van der Waals surface area (Å²) in [5.41, 5.74) is 0. The van der Waals surface area contributed by atoms with Gasteiger partial charge in [-0.2, -0.15) is 0 Å². The number of phosphoric ester groups is 1. The molecule has 3 N–H and O–H groups in total. The van der Waals surface area contributed by atoms with Crippen LogP contribution in [-0.2, 0) is 18.4 Å². The molecule has 0 heterocycles. The van der Waals surface area contributed by atoms with Gasteiger partial charge in [-0.3, -0.25) is 13.8 Å². The number of allylic oxidation sites excluding steroid dienone is 2. The molecule has 0 radical (unpaired) electrons. The summed E-state index contributed by atoms with van der Waals surface area (Å²) in [6.45, 7) is 4.88. The third-order valence-electron chi connectivity index (χ3n) is 10.0. The minimum atomic E-state index is -4.31. The van der Waals surface area contributed by atoms with E-state index in [9.17, 15) is 19.4 Å². The van der Waals surface area contributed by atoms with E-state index in [1.54, 1.807) is 0 Å². The van der Waals surface area contributed by atoms with E-state index >= 15 is 0 Å². The number of aliphatic hydroxyl groups excluding tert-OH is 1. The molecule has 310 valence electrons. The van der Waals surface area contributed by atoms with Crippen LogP contribution in [0.1, 0.15) is 206 Å². The van der Waals surface area contributed by atoms with Crippen LogP contribution in [0.3, 0.4) is 0 Å². The van der Waals surface area contributed by atoms with E-state index in [4.69, 9.17) is 9.05 Å². The maximum absolute atomic E-state index is 12.9. The Labute approximate surface area is 322 Å². The molecule has 0 saturated carbocycles. The summed E-state index contributed by atoms with van der Waals surface area (Å²) < 4.78 is 23.6. The molecular weight excluding hydrogens is 671 g/mol. The van der Waals surface area contributed by atoms with Gasteiger partial charge in [0.2, 0.25) is 5.91 Å². The fourth-order valence-electron chi connectivity index (χ4n) is 6.45. The van der Waals surface area contributed by atoms with E-state index in [-0.39, 0.29) is 19.1 Å². The number of unbranched alkanes of at least 4 members (excludes halogenated alkanes) is 25. The standard InChI is InChI=1S/C43H87N2O6P/c1-6-8-10-12-14-16-18-19-20-21-22-23-24-25-27-29-31-33-35-37-43(47)44-41(40-51-52(48,49)50-39-38-45(3,4)5)42(46)36-34-32-30-28-26-17-15-13-11-9-7-2/h19-20,41-42,46H,6-18,21-40H2,1-5H3,(H-,44,47,48,49)/p+1/b20-19+/t41-,42+/m0/s1. The maximum atomic E-state index is 12.9. The van der Waals surface area contributed by atoms with Crippen molar-refractivity contribution in [1.29, 1.82) is 0 Å². The molecule has 0 aromatic rings. The van der Waals surface area contributed by atoms with Crippen LogP contribution in [-0.4, -0.2) is 73.4 Å². The number of nitrogens with zero attached hydrogens (tertiary/aromatic N) is 1. The molecule has 0 aliphatic carbocycles. The van der Waals surface area contributed by atoms with Crippen LogP contribution in [0.2, 0.25) is 0 Å². The minimum absolute atomic E-state index is 0.0760. The number of hydrogen-bond donors (Lipinski definition) is 3. The second-order valence-electron chi connectivity index (χ2n) is 16.4. The molecule has 3 atom stereocenters. The van der Waals surface area contributed by atoms with E-state index in [1.807, 2.05) is 21.1 Å². The molecule has 0 aliphatic heterocycles. The smallest absolute Gasteiger partial charge is 0.391 e. The number of carbonyl (C=O) groups excluding carboxylic acids is 1. The average Bonchev–Trinajstić information content (AvgIpc) is 3.09. The van der Waals surface area contributed by atoms with Crippen molar-refractivity contribution in [1.82, 2.24) is 5.32 Å². The first-order valence-corrected chi connectivity index (χ1v) is 23.5. The van der Waals surface area contributed by atoms with Crippen LogP contribution >= 0.6 is 7.82 Å². The zero-order chi connectivity index (χ0) is 38.6. The van der Waals surface area contributed by atoms with Crippen molar-refractivity contribution in [2.24, 2.45) is 0 Å². The number of nitrogens with one attached hydrogen (secondary N) is 1.